The number of unbranched alkanes of at least 4 members (excludes halogenated alkanes) is 1. The van der Waals surface area contributed by atoms with Crippen LogP contribution < -0.4 is 0 Å². The third kappa shape index (κ3) is 3.94. The Morgan fingerprint density at radius 2 is 1.57 bits per heavy atom. The maximum absolute atomic E-state index is 7.32. The molecular weight excluding hydrogens is 497 g/mol. The second kappa shape index (κ2) is 8.60. The van der Waals surface area contributed by atoms with E-state index in [1.165, 1.54) is 36.6 Å². The summed E-state index contributed by atoms with van der Waals surface area (Å²) in [6, 6.07) is 8.93. The zero-order valence-corrected chi connectivity index (χ0v) is 22.1. The molecule has 0 spiro atoms. The van der Waals surface area contributed by atoms with Gasteiger partial charge in [0.1, 0.15) is 0 Å². The van der Waals surface area contributed by atoms with Crippen LogP contribution in [0.15, 0.2) is 30.3 Å². The molecule has 0 saturated heterocycles. The molecule has 0 nitrogen and oxygen atoms in total. The number of benzene rings is 1. The SMILES string of the molecule is CC(C)(C)C1(P(Cl)CCCCC23CC4CC(CC(C4)C2)C3)C=Cc2ccccc21.[Pd]. The number of hydrogen-bond acceptors (Lipinski definition) is 0. The molecule has 2 unspecified atom stereocenters. The molecular formula is C27H38ClPPd. The standard InChI is InChI=1S/C27H38ClP.Pd/c1-25(2,3)27(12-10-23-8-4-5-9-24(23)27)29(28)13-7-6-11-26-17-20-14-21(18-26)16-22(15-20)19-26;/h4-5,8-10,12,20-22H,6-7,11,13-19H2,1-3H3;. The third-order valence-electron chi connectivity index (χ3n) is 8.88. The molecule has 0 aliphatic heterocycles. The van der Waals surface area contributed by atoms with Gasteiger partial charge in [-0.3, -0.25) is 0 Å². The summed E-state index contributed by atoms with van der Waals surface area (Å²) in [5.74, 6) is 3.24. The molecule has 0 N–H and O–H groups in total. The van der Waals surface area contributed by atoms with Gasteiger partial charge in [0.15, 0.2) is 0 Å². The van der Waals surface area contributed by atoms with Crippen molar-refractivity contribution < 1.29 is 20.4 Å². The normalized spacial score (nSPS) is 37.1. The van der Waals surface area contributed by atoms with Crippen molar-refractivity contribution in [3.63, 3.8) is 0 Å². The van der Waals surface area contributed by atoms with E-state index in [1.807, 2.05) is 0 Å². The first-order valence-electron chi connectivity index (χ1n) is 12.0. The van der Waals surface area contributed by atoms with E-state index in [4.69, 9.17) is 11.2 Å². The van der Waals surface area contributed by atoms with Gasteiger partial charge in [0, 0.05) is 27.7 Å². The smallest absolute Gasteiger partial charge is 0.0529 e. The second-order valence-electron chi connectivity index (χ2n) is 11.9. The zero-order chi connectivity index (χ0) is 20.3. The number of allylic oxidation sites excluding steroid dienone is 1. The summed E-state index contributed by atoms with van der Waals surface area (Å²) >= 11 is 7.32. The van der Waals surface area contributed by atoms with Gasteiger partial charge in [-0.25, -0.2) is 0 Å². The molecule has 2 atom stereocenters. The van der Waals surface area contributed by atoms with Gasteiger partial charge in [-0.15, -0.1) is 0 Å². The summed E-state index contributed by atoms with van der Waals surface area (Å²) in [6.07, 6.45) is 19.5. The second-order valence-corrected chi connectivity index (χ2v) is 15.0. The van der Waals surface area contributed by atoms with Gasteiger partial charge in [-0.05, 0) is 97.2 Å². The molecule has 0 radical (unpaired) electrons. The van der Waals surface area contributed by atoms with Gasteiger partial charge < -0.3 is 0 Å². The Bertz CT molecular complexity index is 759. The van der Waals surface area contributed by atoms with Crippen molar-refractivity contribution in [2.45, 2.75) is 83.7 Å². The van der Waals surface area contributed by atoms with E-state index in [2.05, 4.69) is 57.2 Å². The Kier molecular flexibility index (Phi) is 6.74. The van der Waals surface area contributed by atoms with Crippen LogP contribution in [0, 0.1) is 28.6 Å². The first-order valence-corrected chi connectivity index (χ1v) is 14.5. The van der Waals surface area contributed by atoms with E-state index in [0.717, 1.165) is 23.2 Å². The number of rotatable bonds is 6. The fraction of sp³-hybridized carbons (Fsp3) is 0.704. The van der Waals surface area contributed by atoms with E-state index >= 15 is 0 Å². The maximum atomic E-state index is 7.32. The van der Waals surface area contributed by atoms with E-state index in [-0.39, 0.29) is 31.0 Å². The average molecular weight is 535 g/mol. The van der Waals surface area contributed by atoms with Crippen LogP contribution in [0.5, 0.6) is 0 Å². The van der Waals surface area contributed by atoms with Gasteiger partial charge >= 0.3 is 0 Å². The molecule has 1 aromatic carbocycles. The van der Waals surface area contributed by atoms with Gasteiger partial charge in [0.2, 0.25) is 0 Å². The zero-order valence-electron chi connectivity index (χ0n) is 18.9. The Hall–Kier alpha value is 0.342. The van der Waals surface area contributed by atoms with E-state index in [1.54, 1.807) is 38.5 Å². The van der Waals surface area contributed by atoms with E-state index < -0.39 is 7.27 Å². The molecule has 5 aliphatic rings. The summed E-state index contributed by atoms with van der Waals surface area (Å²) in [7, 11) is -0.600. The summed E-state index contributed by atoms with van der Waals surface area (Å²) < 4.78 is 0. The molecule has 5 aliphatic carbocycles. The topological polar surface area (TPSA) is 0 Å². The van der Waals surface area contributed by atoms with Gasteiger partial charge in [-0.2, -0.15) is 0 Å². The van der Waals surface area contributed by atoms with Crippen molar-refractivity contribution in [2.24, 2.45) is 28.6 Å². The van der Waals surface area contributed by atoms with Crippen molar-refractivity contribution >= 4 is 24.6 Å². The third-order valence-corrected chi connectivity index (χ3v) is 12.7. The molecule has 3 heteroatoms. The van der Waals surface area contributed by atoms with Gasteiger partial charge in [-0.1, -0.05) is 74.9 Å². The van der Waals surface area contributed by atoms with Crippen molar-refractivity contribution in [3.8, 4) is 0 Å². The molecule has 0 amide bonds. The number of halogens is 1. The monoisotopic (exact) mass is 534 g/mol. The van der Waals surface area contributed by atoms with Crippen LogP contribution in [-0.2, 0) is 25.6 Å². The van der Waals surface area contributed by atoms with Crippen molar-refractivity contribution in [3.05, 3.63) is 41.5 Å². The molecule has 1 aromatic rings. The number of hydrogen-bond donors (Lipinski definition) is 0. The van der Waals surface area contributed by atoms with Crippen molar-refractivity contribution in [1.29, 1.82) is 0 Å². The van der Waals surface area contributed by atoms with Crippen LogP contribution in [-0.4, -0.2) is 6.16 Å². The van der Waals surface area contributed by atoms with Crippen molar-refractivity contribution in [1.82, 2.24) is 0 Å². The molecule has 4 fully saturated rings. The Balaban J connectivity index is 0.00000218. The Morgan fingerprint density at radius 3 is 2.17 bits per heavy atom. The predicted molar refractivity (Wildman–Crippen MR) is 129 cm³/mol. The fourth-order valence-corrected chi connectivity index (χ4v) is 11.9. The first-order chi connectivity index (χ1) is 13.8. The van der Waals surface area contributed by atoms with Gasteiger partial charge in [0.25, 0.3) is 0 Å². The Morgan fingerprint density at radius 1 is 0.967 bits per heavy atom. The molecule has 6 rings (SSSR count). The van der Waals surface area contributed by atoms with Crippen LogP contribution in [0.4, 0.5) is 0 Å². The van der Waals surface area contributed by atoms with Crippen LogP contribution in [0.25, 0.3) is 6.08 Å². The fourth-order valence-electron chi connectivity index (χ4n) is 8.04. The summed E-state index contributed by atoms with van der Waals surface area (Å²) in [5.41, 5.74) is 3.72. The van der Waals surface area contributed by atoms with Crippen LogP contribution >= 0.6 is 18.5 Å². The minimum atomic E-state index is -0.600. The maximum Gasteiger partial charge on any atom is 0.0529 e. The molecule has 4 saturated carbocycles. The van der Waals surface area contributed by atoms with Crippen molar-refractivity contribution in [2.75, 3.05) is 6.16 Å². The molecule has 30 heavy (non-hydrogen) atoms. The summed E-state index contributed by atoms with van der Waals surface area (Å²) in [6.45, 7) is 7.14. The quantitative estimate of drug-likeness (QED) is 0.194. The Labute approximate surface area is 204 Å². The van der Waals surface area contributed by atoms with E-state index in [9.17, 15) is 0 Å². The molecule has 4 bridgehead atoms. The minimum absolute atomic E-state index is 0. The van der Waals surface area contributed by atoms with E-state index in [0.29, 0.717) is 0 Å². The molecule has 0 heterocycles. The van der Waals surface area contributed by atoms with Crippen LogP contribution in [0.3, 0.4) is 0 Å². The number of fused-ring (bicyclic) bond motifs is 1. The minimum Gasteiger partial charge on any atom is -0.0951 e. The largest absolute Gasteiger partial charge is 0.0951 e. The van der Waals surface area contributed by atoms with Crippen LogP contribution in [0.1, 0.15) is 89.7 Å². The molecule has 0 aromatic heterocycles. The van der Waals surface area contributed by atoms with Gasteiger partial charge in [0.05, 0.1) is 5.16 Å². The predicted octanol–water partition coefficient (Wildman–Crippen LogP) is 8.97. The first kappa shape index (κ1) is 23.5. The summed E-state index contributed by atoms with van der Waals surface area (Å²) in [5, 5.41) is 0.0150. The summed E-state index contributed by atoms with van der Waals surface area (Å²) in [4.78, 5) is 0. The van der Waals surface area contributed by atoms with Crippen LogP contribution in [0.2, 0.25) is 0 Å². The molecule has 168 valence electrons. The average Bonchev–Trinajstić information content (AvgIpc) is 3.05.